The molecule has 21 heavy (non-hydrogen) atoms. The molecule has 0 aliphatic rings. The second kappa shape index (κ2) is 6.25. The highest BCUT2D eigenvalue weighted by Gasteiger charge is 2.16. The fourth-order valence-electron chi connectivity index (χ4n) is 1.75. The van der Waals surface area contributed by atoms with Gasteiger partial charge in [-0.15, -0.1) is 5.10 Å². The molecule has 7 heteroatoms. The lowest BCUT2D eigenvalue weighted by Crippen LogP contribution is -2.18. The van der Waals surface area contributed by atoms with Crippen molar-refractivity contribution in [1.29, 1.82) is 0 Å². The highest BCUT2D eigenvalue weighted by atomic mass is 19.1. The first-order chi connectivity index (χ1) is 10.0. The minimum Gasteiger partial charge on any atom is -0.382 e. The Morgan fingerprint density at radius 2 is 2.00 bits per heavy atom. The molecule has 0 unspecified atom stereocenters. The van der Waals surface area contributed by atoms with Gasteiger partial charge in [-0.05, 0) is 32.9 Å². The summed E-state index contributed by atoms with van der Waals surface area (Å²) in [5.41, 5.74) is 1.71. The van der Waals surface area contributed by atoms with Crippen molar-refractivity contribution in [3.05, 3.63) is 41.0 Å². The summed E-state index contributed by atoms with van der Waals surface area (Å²) in [5, 5.41) is 13.0. The molecule has 1 aromatic heterocycles. The van der Waals surface area contributed by atoms with Crippen molar-refractivity contribution in [2.45, 2.75) is 20.8 Å². The number of nitrogens with zero attached hydrogens (tertiary/aromatic N) is 3. The van der Waals surface area contributed by atoms with Gasteiger partial charge in [-0.25, -0.2) is 9.37 Å². The number of hydrogen-bond acceptors (Lipinski definition) is 5. The Hall–Kier alpha value is -2.57. The van der Waals surface area contributed by atoms with Gasteiger partial charge in [0, 0.05) is 6.54 Å². The largest absolute Gasteiger partial charge is 0.382 e. The summed E-state index contributed by atoms with van der Waals surface area (Å²) in [4.78, 5) is 16.3. The maximum Gasteiger partial charge on any atom is 0.260 e. The quantitative estimate of drug-likeness (QED) is 0.903. The highest BCUT2D eigenvalue weighted by molar-refractivity contribution is 6.07. The zero-order valence-electron chi connectivity index (χ0n) is 12.1. The average Bonchev–Trinajstić information content (AvgIpc) is 2.45. The first-order valence-electron chi connectivity index (χ1n) is 6.54. The molecule has 0 atom stereocenters. The van der Waals surface area contributed by atoms with Gasteiger partial charge in [0.1, 0.15) is 5.82 Å². The molecule has 0 bridgehead atoms. The molecule has 2 rings (SSSR count). The van der Waals surface area contributed by atoms with Crippen LogP contribution in [-0.2, 0) is 0 Å². The van der Waals surface area contributed by atoms with Crippen molar-refractivity contribution in [1.82, 2.24) is 15.2 Å². The van der Waals surface area contributed by atoms with Gasteiger partial charge in [-0.3, -0.25) is 10.1 Å². The monoisotopic (exact) mass is 289 g/mol. The Morgan fingerprint density at radius 3 is 2.67 bits per heavy atom. The standard InChI is InChI=1S/C14H16FN5O/c1-4-16-12-10(6-5-7-11(12)15)13(21)18-14-17-8(2)9(3)19-20-14/h5-7,16H,4H2,1-3H3,(H,17,18,20,21). The molecular formula is C14H16FN5O. The van der Waals surface area contributed by atoms with E-state index in [9.17, 15) is 9.18 Å². The number of aromatic nitrogens is 3. The Labute approximate surface area is 121 Å². The molecule has 0 saturated heterocycles. The molecule has 0 fully saturated rings. The first kappa shape index (κ1) is 14.8. The number of benzene rings is 1. The van der Waals surface area contributed by atoms with E-state index in [2.05, 4.69) is 25.8 Å². The lowest BCUT2D eigenvalue weighted by Gasteiger charge is -2.11. The predicted octanol–water partition coefficient (Wildman–Crippen LogP) is 2.31. The van der Waals surface area contributed by atoms with E-state index in [-0.39, 0.29) is 17.2 Å². The van der Waals surface area contributed by atoms with Crippen molar-refractivity contribution < 1.29 is 9.18 Å². The van der Waals surface area contributed by atoms with E-state index in [1.807, 2.05) is 6.92 Å². The summed E-state index contributed by atoms with van der Waals surface area (Å²) >= 11 is 0. The van der Waals surface area contributed by atoms with Gasteiger partial charge in [0.25, 0.3) is 5.91 Å². The SMILES string of the molecule is CCNc1c(F)cccc1C(=O)Nc1nnc(C)c(C)n1. The maximum absolute atomic E-state index is 13.8. The molecule has 0 radical (unpaired) electrons. The molecule has 0 aliphatic heterocycles. The third-order valence-corrected chi connectivity index (χ3v) is 2.93. The van der Waals surface area contributed by atoms with Crippen molar-refractivity contribution in [2.24, 2.45) is 0 Å². The number of anilines is 2. The van der Waals surface area contributed by atoms with E-state index in [0.717, 1.165) is 0 Å². The van der Waals surface area contributed by atoms with Crippen molar-refractivity contribution >= 4 is 17.5 Å². The van der Waals surface area contributed by atoms with Crippen LogP contribution >= 0.6 is 0 Å². The number of amides is 1. The number of nitrogens with one attached hydrogen (secondary N) is 2. The minimum atomic E-state index is -0.490. The molecule has 0 spiro atoms. The summed E-state index contributed by atoms with van der Waals surface area (Å²) in [5.74, 6) is -0.881. The van der Waals surface area contributed by atoms with Crippen LogP contribution in [0.3, 0.4) is 0 Å². The van der Waals surface area contributed by atoms with Crippen LogP contribution in [0.5, 0.6) is 0 Å². The summed E-state index contributed by atoms with van der Waals surface area (Å²) in [6, 6.07) is 4.30. The number of rotatable bonds is 4. The van der Waals surface area contributed by atoms with E-state index < -0.39 is 11.7 Å². The topological polar surface area (TPSA) is 79.8 Å². The van der Waals surface area contributed by atoms with E-state index in [4.69, 9.17) is 0 Å². The second-order valence-electron chi connectivity index (χ2n) is 4.45. The molecule has 0 saturated carbocycles. The van der Waals surface area contributed by atoms with Crippen LogP contribution in [0, 0.1) is 19.7 Å². The van der Waals surface area contributed by atoms with E-state index in [1.165, 1.54) is 18.2 Å². The normalized spacial score (nSPS) is 10.3. The lowest BCUT2D eigenvalue weighted by molar-refractivity contribution is 0.102. The number of carbonyl (C=O) groups excluding carboxylic acids is 1. The lowest BCUT2D eigenvalue weighted by atomic mass is 10.1. The number of hydrogen-bond donors (Lipinski definition) is 2. The third-order valence-electron chi connectivity index (χ3n) is 2.93. The first-order valence-corrected chi connectivity index (χ1v) is 6.54. The van der Waals surface area contributed by atoms with Crippen LogP contribution in [0.25, 0.3) is 0 Å². The summed E-state index contributed by atoms with van der Waals surface area (Å²) in [6.07, 6.45) is 0. The third kappa shape index (κ3) is 3.31. The van der Waals surface area contributed by atoms with Crippen molar-refractivity contribution in [3.8, 4) is 0 Å². The van der Waals surface area contributed by atoms with Crippen LogP contribution in [0.1, 0.15) is 28.7 Å². The summed E-state index contributed by atoms with van der Waals surface area (Å²) < 4.78 is 13.8. The Morgan fingerprint density at radius 1 is 1.24 bits per heavy atom. The fraction of sp³-hybridized carbons (Fsp3) is 0.286. The smallest absolute Gasteiger partial charge is 0.260 e. The summed E-state index contributed by atoms with van der Waals surface area (Å²) in [6.45, 7) is 5.87. The molecule has 0 aliphatic carbocycles. The molecule has 1 amide bonds. The number of para-hydroxylation sites is 1. The van der Waals surface area contributed by atoms with E-state index in [0.29, 0.717) is 17.9 Å². The Balaban J connectivity index is 2.28. The molecule has 110 valence electrons. The zero-order chi connectivity index (χ0) is 15.4. The maximum atomic E-state index is 13.8. The molecular weight excluding hydrogens is 273 g/mol. The van der Waals surface area contributed by atoms with Crippen LogP contribution in [0.2, 0.25) is 0 Å². The van der Waals surface area contributed by atoms with Gasteiger partial charge >= 0.3 is 0 Å². The van der Waals surface area contributed by atoms with Crippen LogP contribution in [0.4, 0.5) is 16.0 Å². The van der Waals surface area contributed by atoms with Gasteiger partial charge in [-0.2, -0.15) is 5.10 Å². The summed E-state index contributed by atoms with van der Waals surface area (Å²) in [7, 11) is 0. The predicted molar refractivity (Wildman–Crippen MR) is 77.8 cm³/mol. The number of carbonyl (C=O) groups is 1. The number of aryl methyl sites for hydroxylation is 2. The Bertz CT molecular complexity index is 674. The van der Waals surface area contributed by atoms with Crippen LogP contribution in [-0.4, -0.2) is 27.6 Å². The zero-order valence-corrected chi connectivity index (χ0v) is 12.1. The highest BCUT2D eigenvalue weighted by Crippen LogP contribution is 2.20. The van der Waals surface area contributed by atoms with Crippen molar-refractivity contribution in [3.63, 3.8) is 0 Å². The average molecular weight is 289 g/mol. The molecule has 2 N–H and O–H groups in total. The molecule has 1 aromatic carbocycles. The Kier molecular flexibility index (Phi) is 4.42. The number of halogens is 1. The second-order valence-corrected chi connectivity index (χ2v) is 4.45. The van der Waals surface area contributed by atoms with Crippen LogP contribution < -0.4 is 10.6 Å². The van der Waals surface area contributed by atoms with Gasteiger partial charge in [-0.1, -0.05) is 6.07 Å². The molecule has 6 nitrogen and oxygen atoms in total. The molecule has 2 aromatic rings. The fourth-order valence-corrected chi connectivity index (χ4v) is 1.75. The van der Waals surface area contributed by atoms with E-state index in [1.54, 1.807) is 13.8 Å². The van der Waals surface area contributed by atoms with Crippen LogP contribution in [0.15, 0.2) is 18.2 Å². The minimum absolute atomic E-state index is 0.0924. The molecule has 1 heterocycles. The van der Waals surface area contributed by atoms with Gasteiger partial charge in [0.05, 0.1) is 22.6 Å². The van der Waals surface area contributed by atoms with E-state index >= 15 is 0 Å². The van der Waals surface area contributed by atoms with Gasteiger partial charge in [0.15, 0.2) is 0 Å². The van der Waals surface area contributed by atoms with Gasteiger partial charge < -0.3 is 5.32 Å². The van der Waals surface area contributed by atoms with Gasteiger partial charge in [0.2, 0.25) is 5.95 Å². The van der Waals surface area contributed by atoms with Crippen molar-refractivity contribution in [2.75, 3.05) is 17.2 Å².